The lowest BCUT2D eigenvalue weighted by molar-refractivity contribution is -0.121. The van der Waals surface area contributed by atoms with Crippen LogP contribution in [0.2, 0.25) is 0 Å². The van der Waals surface area contributed by atoms with E-state index in [4.69, 9.17) is 10.3 Å². The molecule has 2 N–H and O–H groups in total. The summed E-state index contributed by atoms with van der Waals surface area (Å²) in [6.07, 6.45) is 0.548. The lowest BCUT2D eigenvalue weighted by Crippen LogP contribution is -2.31. The molecule has 0 bridgehead atoms. The van der Waals surface area contributed by atoms with E-state index in [2.05, 4.69) is 5.16 Å². The number of carbonyl (C=O) groups is 2. The Morgan fingerprint density at radius 2 is 2.18 bits per heavy atom. The first-order valence-corrected chi connectivity index (χ1v) is 6.86. The third-order valence-corrected chi connectivity index (χ3v) is 3.72. The number of carbonyl (C=O) groups excluding carboxylic acids is 2. The molecule has 2 heterocycles. The van der Waals surface area contributed by atoms with Crippen LogP contribution in [0.15, 0.2) is 34.9 Å². The van der Waals surface area contributed by atoms with E-state index >= 15 is 0 Å². The third kappa shape index (κ3) is 2.69. The van der Waals surface area contributed by atoms with Gasteiger partial charge in [-0.3, -0.25) is 9.59 Å². The van der Waals surface area contributed by atoms with Gasteiger partial charge in [-0.1, -0.05) is 17.3 Å². The van der Waals surface area contributed by atoms with Crippen LogP contribution in [0.25, 0.3) is 11.3 Å². The number of aromatic nitrogens is 1. The fourth-order valence-electron chi connectivity index (χ4n) is 2.49. The van der Waals surface area contributed by atoms with Crippen LogP contribution in [0.4, 0.5) is 4.39 Å². The number of benzene rings is 1. The SMILES string of the molecule is NC(=O)[C@H]1CCN(C(=O)c2cc(-c3cccc(F)c3)no2)C1. The highest BCUT2D eigenvalue weighted by atomic mass is 19.1. The zero-order chi connectivity index (χ0) is 15.7. The predicted molar refractivity (Wildman–Crippen MR) is 75.1 cm³/mol. The molecule has 0 saturated carbocycles. The summed E-state index contributed by atoms with van der Waals surface area (Å²) in [4.78, 5) is 24.9. The summed E-state index contributed by atoms with van der Waals surface area (Å²) in [5.41, 5.74) is 6.15. The summed E-state index contributed by atoms with van der Waals surface area (Å²) in [5, 5.41) is 3.79. The normalized spacial score (nSPS) is 17.7. The molecular formula is C15H14FN3O3. The summed E-state index contributed by atoms with van der Waals surface area (Å²) in [6.45, 7) is 0.729. The van der Waals surface area contributed by atoms with Crippen molar-refractivity contribution in [2.45, 2.75) is 6.42 Å². The molecule has 22 heavy (non-hydrogen) atoms. The number of hydrogen-bond donors (Lipinski definition) is 1. The molecule has 1 aliphatic rings. The van der Waals surface area contributed by atoms with Crippen LogP contribution in [0, 0.1) is 11.7 Å². The first-order chi connectivity index (χ1) is 10.5. The molecule has 0 aliphatic carbocycles. The van der Waals surface area contributed by atoms with Crippen molar-refractivity contribution in [3.05, 3.63) is 41.9 Å². The molecule has 1 aromatic carbocycles. The van der Waals surface area contributed by atoms with Crippen LogP contribution >= 0.6 is 0 Å². The van der Waals surface area contributed by atoms with Gasteiger partial charge in [-0.05, 0) is 18.6 Å². The largest absolute Gasteiger partial charge is 0.369 e. The van der Waals surface area contributed by atoms with Gasteiger partial charge in [-0.15, -0.1) is 0 Å². The molecule has 1 saturated heterocycles. The standard InChI is InChI=1S/C15H14FN3O3/c16-11-3-1-2-9(6-11)12-7-13(22-18-12)15(21)19-5-4-10(8-19)14(17)20/h1-3,6-7,10H,4-5,8H2,(H2,17,20)/t10-/m0/s1. The number of halogens is 1. The van der Waals surface area contributed by atoms with Gasteiger partial charge in [0.25, 0.3) is 5.91 Å². The number of rotatable bonds is 3. The van der Waals surface area contributed by atoms with Crippen LogP contribution in [0.1, 0.15) is 17.0 Å². The fourth-order valence-corrected chi connectivity index (χ4v) is 2.49. The zero-order valence-corrected chi connectivity index (χ0v) is 11.7. The van der Waals surface area contributed by atoms with Crippen molar-refractivity contribution in [3.8, 4) is 11.3 Å². The number of nitrogens with zero attached hydrogens (tertiary/aromatic N) is 2. The second-order valence-corrected chi connectivity index (χ2v) is 5.23. The van der Waals surface area contributed by atoms with E-state index in [1.807, 2.05) is 0 Å². The van der Waals surface area contributed by atoms with Gasteiger partial charge in [-0.25, -0.2) is 4.39 Å². The zero-order valence-electron chi connectivity index (χ0n) is 11.7. The van der Waals surface area contributed by atoms with E-state index in [0.717, 1.165) is 0 Å². The van der Waals surface area contributed by atoms with E-state index in [1.165, 1.54) is 23.1 Å². The van der Waals surface area contributed by atoms with Crippen molar-refractivity contribution in [1.29, 1.82) is 0 Å². The van der Waals surface area contributed by atoms with E-state index < -0.39 is 11.7 Å². The van der Waals surface area contributed by atoms with Gasteiger partial charge < -0.3 is 15.2 Å². The molecule has 2 aromatic rings. The summed E-state index contributed by atoms with van der Waals surface area (Å²) in [7, 11) is 0. The molecule has 1 aliphatic heterocycles. The number of hydrogen-bond acceptors (Lipinski definition) is 4. The van der Waals surface area contributed by atoms with Crippen molar-refractivity contribution in [1.82, 2.24) is 10.1 Å². The maximum Gasteiger partial charge on any atom is 0.292 e. The maximum atomic E-state index is 13.2. The summed E-state index contributed by atoms with van der Waals surface area (Å²) in [5.74, 6) is -1.41. The number of primary amides is 1. The Morgan fingerprint density at radius 3 is 2.86 bits per heavy atom. The molecule has 1 aromatic heterocycles. The highest BCUT2D eigenvalue weighted by Gasteiger charge is 2.31. The summed E-state index contributed by atoms with van der Waals surface area (Å²) in [6, 6.07) is 7.33. The summed E-state index contributed by atoms with van der Waals surface area (Å²) >= 11 is 0. The molecule has 7 heteroatoms. The van der Waals surface area contributed by atoms with Gasteiger partial charge in [0, 0.05) is 24.7 Å². The Labute approximate surface area is 125 Å². The molecular weight excluding hydrogens is 289 g/mol. The molecule has 1 fully saturated rings. The van der Waals surface area contributed by atoms with Gasteiger partial charge in [0.05, 0.1) is 5.92 Å². The van der Waals surface area contributed by atoms with Crippen LogP contribution in [0.3, 0.4) is 0 Å². The quantitative estimate of drug-likeness (QED) is 0.928. The van der Waals surface area contributed by atoms with Crippen LogP contribution in [-0.2, 0) is 4.79 Å². The smallest absolute Gasteiger partial charge is 0.292 e. The monoisotopic (exact) mass is 303 g/mol. The fraction of sp³-hybridized carbons (Fsp3) is 0.267. The lowest BCUT2D eigenvalue weighted by Gasteiger charge is -2.13. The first-order valence-electron chi connectivity index (χ1n) is 6.86. The Hall–Kier alpha value is -2.70. The number of likely N-dealkylation sites (tertiary alicyclic amines) is 1. The van der Waals surface area contributed by atoms with Crippen molar-refractivity contribution in [2.75, 3.05) is 13.1 Å². The van der Waals surface area contributed by atoms with Crippen molar-refractivity contribution in [3.63, 3.8) is 0 Å². The van der Waals surface area contributed by atoms with Crippen molar-refractivity contribution in [2.24, 2.45) is 11.7 Å². The van der Waals surface area contributed by atoms with E-state index in [0.29, 0.717) is 24.2 Å². The Balaban J connectivity index is 1.77. The van der Waals surface area contributed by atoms with Crippen molar-refractivity contribution >= 4 is 11.8 Å². The van der Waals surface area contributed by atoms with Gasteiger partial charge in [0.2, 0.25) is 11.7 Å². The second kappa shape index (κ2) is 5.59. The highest BCUT2D eigenvalue weighted by Crippen LogP contribution is 2.23. The second-order valence-electron chi connectivity index (χ2n) is 5.23. The average Bonchev–Trinajstić information content (AvgIpc) is 3.16. The molecule has 6 nitrogen and oxygen atoms in total. The summed E-state index contributed by atoms with van der Waals surface area (Å²) < 4.78 is 18.3. The molecule has 2 amide bonds. The number of nitrogens with two attached hydrogens (primary N) is 1. The van der Waals surface area contributed by atoms with E-state index in [-0.39, 0.29) is 24.1 Å². The molecule has 1 atom stereocenters. The van der Waals surface area contributed by atoms with E-state index in [1.54, 1.807) is 12.1 Å². The highest BCUT2D eigenvalue weighted by molar-refractivity contribution is 5.93. The van der Waals surface area contributed by atoms with Gasteiger partial charge in [-0.2, -0.15) is 0 Å². The number of amides is 2. The van der Waals surface area contributed by atoms with Crippen LogP contribution in [0.5, 0.6) is 0 Å². The minimum atomic E-state index is -0.409. The van der Waals surface area contributed by atoms with Crippen LogP contribution < -0.4 is 5.73 Å². The van der Waals surface area contributed by atoms with Crippen LogP contribution in [-0.4, -0.2) is 35.0 Å². The molecule has 0 radical (unpaired) electrons. The first kappa shape index (κ1) is 14.2. The van der Waals surface area contributed by atoms with Crippen molar-refractivity contribution < 1.29 is 18.5 Å². The van der Waals surface area contributed by atoms with E-state index in [9.17, 15) is 14.0 Å². The average molecular weight is 303 g/mol. The molecule has 114 valence electrons. The van der Waals surface area contributed by atoms with Gasteiger partial charge in [0.1, 0.15) is 11.5 Å². The Bertz CT molecular complexity index is 728. The Kier molecular flexibility index (Phi) is 3.62. The minimum Gasteiger partial charge on any atom is -0.369 e. The Morgan fingerprint density at radius 1 is 1.36 bits per heavy atom. The van der Waals surface area contributed by atoms with Gasteiger partial charge in [0.15, 0.2) is 0 Å². The lowest BCUT2D eigenvalue weighted by atomic mass is 10.1. The predicted octanol–water partition coefficient (Wildman–Crippen LogP) is 1.43. The molecule has 0 unspecified atom stereocenters. The molecule has 3 rings (SSSR count). The minimum absolute atomic E-state index is 0.0596. The topological polar surface area (TPSA) is 89.4 Å². The molecule has 0 spiro atoms. The van der Waals surface area contributed by atoms with Gasteiger partial charge >= 0.3 is 0 Å². The maximum absolute atomic E-state index is 13.2. The third-order valence-electron chi connectivity index (χ3n) is 3.72.